The molecule has 2 amide bonds. The zero-order valence-corrected chi connectivity index (χ0v) is 20.8. The number of carbonyl (C=O) groups is 2. The molecular formula is C25H27ClN8O2. The lowest BCUT2D eigenvalue weighted by atomic mass is 10.0. The normalized spacial score (nSPS) is 15.7. The predicted molar refractivity (Wildman–Crippen MR) is 137 cm³/mol. The molecule has 1 aliphatic heterocycles. The van der Waals surface area contributed by atoms with Gasteiger partial charge in [0, 0.05) is 48.6 Å². The number of nitrogens with one attached hydrogen (secondary N) is 4. The van der Waals surface area contributed by atoms with Crippen LogP contribution in [0.2, 0.25) is 5.02 Å². The van der Waals surface area contributed by atoms with Gasteiger partial charge in [-0.1, -0.05) is 11.6 Å². The van der Waals surface area contributed by atoms with Crippen molar-refractivity contribution < 1.29 is 9.59 Å². The maximum atomic E-state index is 12.7. The highest BCUT2D eigenvalue weighted by molar-refractivity contribution is 6.31. The van der Waals surface area contributed by atoms with E-state index in [1.807, 2.05) is 6.92 Å². The van der Waals surface area contributed by atoms with Crippen LogP contribution in [0.5, 0.6) is 0 Å². The first-order chi connectivity index (χ1) is 17.3. The molecule has 1 saturated carbocycles. The highest BCUT2D eigenvalue weighted by Gasteiger charge is 2.30. The fourth-order valence-corrected chi connectivity index (χ4v) is 4.12. The van der Waals surface area contributed by atoms with E-state index < -0.39 is 0 Å². The maximum absolute atomic E-state index is 12.7. The molecule has 1 aromatic carbocycles. The highest BCUT2D eigenvalue weighted by Crippen LogP contribution is 2.32. The van der Waals surface area contributed by atoms with Crippen molar-refractivity contribution in [3.8, 4) is 6.07 Å². The first kappa shape index (κ1) is 25.1. The fraction of sp³-hybridized carbons (Fsp3) is 0.360. The number of likely N-dealkylation sites (tertiary alicyclic amines) is 1. The Kier molecular flexibility index (Phi) is 7.50. The number of amides is 2. The van der Waals surface area contributed by atoms with E-state index in [4.69, 9.17) is 22.3 Å². The largest absolute Gasteiger partial charge is 0.388 e. The second-order valence-corrected chi connectivity index (χ2v) is 9.39. The number of aromatic amines is 1. The quantitative estimate of drug-likeness (QED) is 0.285. The van der Waals surface area contributed by atoms with Crippen LogP contribution in [0.4, 0.5) is 5.69 Å². The van der Waals surface area contributed by atoms with E-state index in [0.29, 0.717) is 52.0 Å². The summed E-state index contributed by atoms with van der Waals surface area (Å²) < 4.78 is 0. The molecule has 3 aromatic rings. The van der Waals surface area contributed by atoms with Crippen LogP contribution in [0.15, 0.2) is 30.6 Å². The third kappa shape index (κ3) is 5.47. The molecule has 11 heteroatoms. The third-order valence-electron chi connectivity index (χ3n) is 6.33. The van der Waals surface area contributed by atoms with Gasteiger partial charge in [0.2, 0.25) is 6.41 Å². The second kappa shape index (κ2) is 10.7. The molecule has 2 aliphatic rings. The van der Waals surface area contributed by atoms with Crippen LogP contribution in [0.3, 0.4) is 0 Å². The van der Waals surface area contributed by atoms with Crippen LogP contribution >= 0.6 is 11.6 Å². The van der Waals surface area contributed by atoms with Crippen molar-refractivity contribution in [1.29, 1.82) is 10.7 Å². The number of hydrogen-bond acceptors (Lipinski definition) is 7. The van der Waals surface area contributed by atoms with Crippen molar-refractivity contribution in [2.45, 2.75) is 25.8 Å². The number of hydrogen-bond donors (Lipinski definition) is 4. The van der Waals surface area contributed by atoms with Gasteiger partial charge in [0.1, 0.15) is 11.2 Å². The van der Waals surface area contributed by atoms with Gasteiger partial charge in [0.05, 0.1) is 29.5 Å². The Morgan fingerprint density at radius 3 is 2.75 bits per heavy atom. The summed E-state index contributed by atoms with van der Waals surface area (Å²) in [6.45, 7) is 3.27. The maximum Gasteiger partial charge on any atom is 0.255 e. The molecule has 1 aliphatic carbocycles. The SMILES string of the molecule is CNc1cc(Cl)ccc1C(=N)c1cnc2[nH]cc(C(=O)N[C@@H](C)C3CC3)c2n1.N#CC1CN(C=O)C1. The van der Waals surface area contributed by atoms with Gasteiger partial charge in [-0.3, -0.25) is 15.0 Å². The molecule has 2 fully saturated rings. The summed E-state index contributed by atoms with van der Waals surface area (Å²) in [4.78, 5) is 36.0. The van der Waals surface area contributed by atoms with Crippen molar-refractivity contribution >= 4 is 46.5 Å². The Labute approximate surface area is 213 Å². The summed E-state index contributed by atoms with van der Waals surface area (Å²) in [6.07, 6.45) is 6.24. The van der Waals surface area contributed by atoms with Crippen molar-refractivity contribution in [1.82, 2.24) is 25.2 Å². The molecular weight excluding hydrogens is 480 g/mol. The van der Waals surface area contributed by atoms with E-state index in [0.717, 1.165) is 24.9 Å². The summed E-state index contributed by atoms with van der Waals surface area (Å²) in [6, 6.07) is 7.46. The van der Waals surface area contributed by atoms with Gasteiger partial charge in [-0.2, -0.15) is 5.26 Å². The lowest BCUT2D eigenvalue weighted by Gasteiger charge is -2.31. The van der Waals surface area contributed by atoms with E-state index in [9.17, 15) is 9.59 Å². The number of benzene rings is 1. The number of halogens is 1. The van der Waals surface area contributed by atoms with Crippen molar-refractivity contribution in [2.24, 2.45) is 11.8 Å². The van der Waals surface area contributed by atoms with Gasteiger partial charge in [-0.15, -0.1) is 0 Å². The number of aromatic nitrogens is 3. The Bertz CT molecular complexity index is 1340. The van der Waals surface area contributed by atoms with E-state index in [-0.39, 0.29) is 23.6 Å². The number of nitrogens with zero attached hydrogens (tertiary/aromatic N) is 4. The topological polar surface area (TPSA) is 151 Å². The van der Waals surface area contributed by atoms with Gasteiger partial charge in [0.15, 0.2) is 5.65 Å². The monoisotopic (exact) mass is 506 g/mol. The first-order valence-corrected chi connectivity index (χ1v) is 12.0. The summed E-state index contributed by atoms with van der Waals surface area (Å²) in [5.41, 5.74) is 3.39. The standard InChI is InChI=1S/C20H21ClN6O.C5H6N2O/c1-10(11-3-4-11)26-20(28)14-8-24-19-18(14)27-16(9-25-19)17(22)13-6-5-12(21)7-15(13)23-2;6-1-5-2-7(3-5)4-8/h5-11,22-23H,3-4H2,1-2H3,(H,24,25)(H,26,28);4-5H,2-3H2/t10-;/m0./s1. The van der Waals surface area contributed by atoms with Gasteiger partial charge < -0.3 is 20.5 Å². The van der Waals surface area contributed by atoms with E-state index >= 15 is 0 Å². The molecule has 4 N–H and O–H groups in total. The van der Waals surface area contributed by atoms with Crippen LogP contribution in [0, 0.1) is 28.6 Å². The lowest BCUT2D eigenvalue weighted by molar-refractivity contribution is -0.122. The molecule has 10 nitrogen and oxygen atoms in total. The molecule has 36 heavy (non-hydrogen) atoms. The molecule has 5 rings (SSSR count). The van der Waals surface area contributed by atoms with Gasteiger partial charge in [0.25, 0.3) is 5.91 Å². The molecule has 0 radical (unpaired) electrons. The Balaban J connectivity index is 0.000000325. The molecule has 0 spiro atoms. The summed E-state index contributed by atoms with van der Waals surface area (Å²) in [7, 11) is 1.77. The Hall–Kier alpha value is -3.97. The molecule has 1 saturated heterocycles. The highest BCUT2D eigenvalue weighted by atomic mass is 35.5. The minimum absolute atomic E-state index is 0.0974. The second-order valence-electron chi connectivity index (χ2n) is 8.95. The molecule has 186 valence electrons. The summed E-state index contributed by atoms with van der Waals surface area (Å²) in [5, 5.41) is 23.4. The molecule has 0 unspecified atom stereocenters. The van der Waals surface area contributed by atoms with E-state index in [2.05, 4.69) is 31.7 Å². The van der Waals surface area contributed by atoms with Gasteiger partial charge >= 0.3 is 0 Å². The Morgan fingerprint density at radius 1 is 1.36 bits per heavy atom. The van der Waals surface area contributed by atoms with E-state index in [1.54, 1.807) is 36.3 Å². The molecule has 3 heterocycles. The number of carbonyl (C=O) groups excluding carboxylic acids is 2. The van der Waals surface area contributed by atoms with Crippen molar-refractivity contribution in [2.75, 3.05) is 25.5 Å². The third-order valence-corrected chi connectivity index (χ3v) is 6.57. The van der Waals surface area contributed by atoms with E-state index in [1.165, 1.54) is 6.20 Å². The zero-order chi connectivity index (χ0) is 25.8. The molecule has 0 bridgehead atoms. The lowest BCUT2D eigenvalue weighted by Crippen LogP contribution is -2.44. The van der Waals surface area contributed by atoms with Crippen LogP contribution in [0.1, 0.15) is 41.4 Å². The van der Waals surface area contributed by atoms with Crippen LogP contribution in [-0.2, 0) is 4.79 Å². The predicted octanol–water partition coefficient (Wildman–Crippen LogP) is 3.20. The number of H-pyrrole nitrogens is 1. The number of nitriles is 1. The minimum Gasteiger partial charge on any atom is -0.388 e. The average Bonchev–Trinajstić information content (AvgIpc) is 3.62. The summed E-state index contributed by atoms with van der Waals surface area (Å²) in [5.74, 6) is 0.486. The number of fused-ring (bicyclic) bond motifs is 1. The minimum atomic E-state index is -0.175. The average molecular weight is 507 g/mol. The Morgan fingerprint density at radius 2 is 2.11 bits per heavy atom. The van der Waals surface area contributed by atoms with Crippen LogP contribution in [0.25, 0.3) is 11.2 Å². The summed E-state index contributed by atoms with van der Waals surface area (Å²) >= 11 is 6.05. The number of anilines is 1. The fourth-order valence-electron chi connectivity index (χ4n) is 3.94. The first-order valence-electron chi connectivity index (χ1n) is 11.6. The van der Waals surface area contributed by atoms with Crippen LogP contribution in [-0.4, -0.2) is 64.1 Å². The smallest absolute Gasteiger partial charge is 0.255 e. The van der Waals surface area contributed by atoms with Crippen molar-refractivity contribution in [3.05, 3.63) is 52.4 Å². The van der Waals surface area contributed by atoms with Crippen molar-refractivity contribution in [3.63, 3.8) is 0 Å². The van der Waals surface area contributed by atoms with Gasteiger partial charge in [-0.25, -0.2) is 9.97 Å². The molecule has 2 aromatic heterocycles. The van der Waals surface area contributed by atoms with Crippen LogP contribution < -0.4 is 10.6 Å². The number of rotatable bonds is 7. The zero-order valence-electron chi connectivity index (χ0n) is 20.0. The van der Waals surface area contributed by atoms with Gasteiger partial charge in [-0.05, 0) is 43.9 Å². The molecule has 1 atom stereocenters.